The number of piperidine rings is 1. The first-order valence-corrected chi connectivity index (χ1v) is 12.6. The summed E-state index contributed by atoms with van der Waals surface area (Å²) < 4.78 is 0. The predicted octanol–water partition coefficient (Wildman–Crippen LogP) is 7.72. The lowest BCUT2D eigenvalue weighted by molar-refractivity contribution is 0.0946. The van der Waals surface area contributed by atoms with Crippen LogP contribution in [0.1, 0.15) is 27.4 Å². The number of hydrogen-bond acceptors (Lipinski definition) is 4. The summed E-state index contributed by atoms with van der Waals surface area (Å²) >= 11 is 12.7. The first-order valence-electron chi connectivity index (χ1n) is 11.8. The van der Waals surface area contributed by atoms with Crippen molar-refractivity contribution in [1.82, 2.24) is 0 Å². The molecule has 37 heavy (non-hydrogen) atoms. The molecule has 1 heterocycles. The fraction of sp³-hybridized carbons (Fsp3) is 0.0645. The number of carbonyl (C=O) groups excluding carboxylic acids is 1. The number of amidine groups is 1. The molecule has 6 heteroatoms. The summed E-state index contributed by atoms with van der Waals surface area (Å²) in [6, 6.07) is 34.4. The quantitative estimate of drug-likeness (QED) is 0.160. The Balaban J connectivity index is 1.81. The van der Waals surface area contributed by atoms with Crippen LogP contribution < -0.4 is 4.90 Å². The SMILES string of the molecule is N=C1/C(=C(/O)c2ccccc2)[C@@H](c2ccccc2Cl)[C@H](C(=O)c2ccccc2)C(=S)N1c1ccccc1. The number of nitrogens with zero attached hydrogens (tertiary/aromatic N) is 1. The van der Waals surface area contributed by atoms with Gasteiger partial charge in [0, 0.05) is 33.3 Å². The fourth-order valence-corrected chi connectivity index (χ4v) is 5.47. The molecule has 2 N–H and O–H groups in total. The number of carbonyl (C=O) groups is 1. The molecular weight excluding hydrogens is 500 g/mol. The Morgan fingerprint density at radius 1 is 0.784 bits per heavy atom. The fourth-order valence-electron chi connectivity index (χ4n) is 4.78. The number of ketones is 1. The van der Waals surface area contributed by atoms with Crippen molar-refractivity contribution in [2.24, 2.45) is 5.92 Å². The summed E-state index contributed by atoms with van der Waals surface area (Å²) in [5.74, 6) is -1.97. The summed E-state index contributed by atoms with van der Waals surface area (Å²) in [7, 11) is 0. The molecular formula is C31H23ClN2O2S. The Bertz CT molecular complexity index is 1500. The predicted molar refractivity (Wildman–Crippen MR) is 154 cm³/mol. The lowest BCUT2D eigenvalue weighted by Crippen LogP contribution is -2.51. The molecule has 0 bridgehead atoms. The van der Waals surface area contributed by atoms with Gasteiger partial charge in [-0.15, -0.1) is 0 Å². The maximum absolute atomic E-state index is 14.2. The smallest absolute Gasteiger partial charge is 0.173 e. The van der Waals surface area contributed by atoms with E-state index < -0.39 is 11.8 Å². The number of rotatable bonds is 5. The van der Waals surface area contributed by atoms with Crippen LogP contribution in [0.25, 0.3) is 5.76 Å². The molecule has 4 nitrogen and oxygen atoms in total. The van der Waals surface area contributed by atoms with Crippen LogP contribution in [0.3, 0.4) is 0 Å². The molecule has 1 fully saturated rings. The van der Waals surface area contributed by atoms with Crippen molar-refractivity contribution in [3.63, 3.8) is 0 Å². The topological polar surface area (TPSA) is 64.4 Å². The van der Waals surface area contributed by atoms with E-state index in [1.165, 1.54) is 0 Å². The summed E-state index contributed by atoms with van der Waals surface area (Å²) in [5, 5.41) is 21.4. The zero-order valence-electron chi connectivity index (χ0n) is 19.7. The maximum Gasteiger partial charge on any atom is 0.173 e. The van der Waals surface area contributed by atoms with E-state index in [-0.39, 0.29) is 27.9 Å². The van der Waals surface area contributed by atoms with Gasteiger partial charge in [0.25, 0.3) is 0 Å². The number of aliphatic hydroxyl groups is 1. The summed E-state index contributed by atoms with van der Waals surface area (Å²) in [4.78, 5) is 16.0. The number of hydrogen-bond donors (Lipinski definition) is 2. The Morgan fingerprint density at radius 2 is 1.30 bits per heavy atom. The van der Waals surface area contributed by atoms with Crippen molar-refractivity contribution in [3.05, 3.63) is 143 Å². The normalized spacial score (nSPS) is 19.0. The summed E-state index contributed by atoms with van der Waals surface area (Å²) in [5.41, 5.74) is 2.57. The minimum absolute atomic E-state index is 0.000385. The number of anilines is 1. The molecule has 0 aliphatic carbocycles. The number of Topliss-reactive ketones (excluding diaryl/α,β-unsaturated/α-hetero) is 1. The molecule has 182 valence electrons. The molecule has 0 spiro atoms. The zero-order valence-corrected chi connectivity index (χ0v) is 21.3. The van der Waals surface area contributed by atoms with Crippen molar-refractivity contribution >= 4 is 51.9 Å². The van der Waals surface area contributed by atoms with Crippen molar-refractivity contribution < 1.29 is 9.90 Å². The van der Waals surface area contributed by atoms with E-state index in [0.717, 1.165) is 0 Å². The molecule has 4 aromatic rings. The first-order chi connectivity index (χ1) is 18.0. The lowest BCUT2D eigenvalue weighted by atomic mass is 9.72. The Kier molecular flexibility index (Phi) is 6.99. The van der Waals surface area contributed by atoms with E-state index in [2.05, 4.69) is 0 Å². The molecule has 1 aliphatic heterocycles. The number of thiocarbonyl (C=S) groups is 1. The van der Waals surface area contributed by atoms with Crippen molar-refractivity contribution in [2.45, 2.75) is 5.92 Å². The molecule has 5 rings (SSSR count). The van der Waals surface area contributed by atoms with Gasteiger partial charge in [0.05, 0.1) is 5.92 Å². The van der Waals surface area contributed by atoms with Gasteiger partial charge in [-0.05, 0) is 23.8 Å². The van der Waals surface area contributed by atoms with E-state index in [4.69, 9.17) is 23.8 Å². The largest absolute Gasteiger partial charge is 0.507 e. The highest BCUT2D eigenvalue weighted by molar-refractivity contribution is 7.80. The highest BCUT2D eigenvalue weighted by Gasteiger charge is 2.47. The standard InChI is InChI=1S/C31H23ClN2O2S/c32-24-19-11-10-18-23(24)25-26(28(35)20-12-4-1-5-13-20)30(33)34(22-16-8-3-9-17-22)31(37)27(25)29(36)21-14-6-2-7-15-21/h1-19,25,27,33,35H/b28-26+,33-30?/t25-,27-/m1/s1. The second kappa shape index (κ2) is 10.5. The third kappa shape index (κ3) is 4.59. The zero-order chi connectivity index (χ0) is 25.9. The maximum atomic E-state index is 14.2. The van der Waals surface area contributed by atoms with E-state index in [1.807, 2.05) is 72.8 Å². The van der Waals surface area contributed by atoms with Crippen LogP contribution in [0.5, 0.6) is 0 Å². The van der Waals surface area contributed by atoms with Gasteiger partial charge in [-0.25, -0.2) is 0 Å². The van der Waals surface area contributed by atoms with Gasteiger partial charge in [-0.2, -0.15) is 0 Å². The molecule has 1 saturated heterocycles. The number of benzene rings is 4. The summed E-state index contributed by atoms with van der Waals surface area (Å²) in [6.07, 6.45) is 0. The highest BCUT2D eigenvalue weighted by atomic mass is 35.5. The number of aliphatic hydroxyl groups excluding tert-OH is 1. The van der Waals surface area contributed by atoms with Crippen LogP contribution >= 0.6 is 23.8 Å². The molecule has 2 atom stereocenters. The van der Waals surface area contributed by atoms with E-state index in [1.54, 1.807) is 47.4 Å². The average Bonchev–Trinajstić information content (AvgIpc) is 2.94. The van der Waals surface area contributed by atoms with Crippen LogP contribution in [0.15, 0.2) is 121 Å². The highest BCUT2D eigenvalue weighted by Crippen LogP contribution is 2.46. The van der Waals surface area contributed by atoms with E-state index in [0.29, 0.717) is 27.4 Å². The van der Waals surface area contributed by atoms with Crippen molar-refractivity contribution in [1.29, 1.82) is 5.41 Å². The first kappa shape index (κ1) is 24.6. The Labute approximate surface area is 226 Å². The van der Waals surface area contributed by atoms with Crippen LogP contribution in [-0.4, -0.2) is 21.7 Å². The molecule has 4 aromatic carbocycles. The van der Waals surface area contributed by atoms with Gasteiger partial charge >= 0.3 is 0 Å². The third-order valence-electron chi connectivity index (χ3n) is 6.51. The molecule has 0 unspecified atom stereocenters. The number of para-hydroxylation sites is 1. The monoisotopic (exact) mass is 522 g/mol. The lowest BCUT2D eigenvalue weighted by Gasteiger charge is -2.42. The van der Waals surface area contributed by atoms with Gasteiger partial charge in [-0.1, -0.05) is 121 Å². The molecule has 1 aliphatic rings. The van der Waals surface area contributed by atoms with E-state index >= 15 is 0 Å². The Hall–Kier alpha value is -4.06. The minimum atomic E-state index is -0.896. The van der Waals surface area contributed by atoms with Gasteiger partial charge in [0.1, 0.15) is 16.6 Å². The van der Waals surface area contributed by atoms with Crippen molar-refractivity contribution in [2.75, 3.05) is 4.90 Å². The van der Waals surface area contributed by atoms with Crippen LogP contribution in [-0.2, 0) is 0 Å². The molecule has 0 aromatic heterocycles. The van der Waals surface area contributed by atoms with Crippen molar-refractivity contribution in [3.8, 4) is 0 Å². The third-order valence-corrected chi connectivity index (χ3v) is 7.29. The second-order valence-electron chi connectivity index (χ2n) is 8.69. The average molecular weight is 523 g/mol. The number of nitrogens with one attached hydrogen (secondary N) is 1. The minimum Gasteiger partial charge on any atom is -0.507 e. The molecule has 0 radical (unpaired) electrons. The van der Waals surface area contributed by atoms with Gasteiger partial charge in [0.2, 0.25) is 0 Å². The molecule has 0 saturated carbocycles. The van der Waals surface area contributed by atoms with Gasteiger partial charge in [0.15, 0.2) is 5.78 Å². The molecule has 0 amide bonds. The van der Waals surface area contributed by atoms with Crippen LogP contribution in [0, 0.1) is 11.3 Å². The van der Waals surface area contributed by atoms with Gasteiger partial charge < -0.3 is 5.11 Å². The van der Waals surface area contributed by atoms with E-state index in [9.17, 15) is 15.3 Å². The number of halogens is 1. The second-order valence-corrected chi connectivity index (χ2v) is 9.52. The van der Waals surface area contributed by atoms with Crippen LogP contribution in [0.4, 0.5) is 5.69 Å². The summed E-state index contributed by atoms with van der Waals surface area (Å²) in [6.45, 7) is 0. The van der Waals surface area contributed by atoms with Gasteiger partial charge in [-0.3, -0.25) is 15.1 Å². The Morgan fingerprint density at radius 3 is 1.89 bits per heavy atom. The van der Waals surface area contributed by atoms with Crippen LogP contribution in [0.2, 0.25) is 5.02 Å².